The van der Waals surface area contributed by atoms with Gasteiger partial charge in [0.2, 0.25) is 0 Å². The SMILES string of the molecule is CCCCC(O)COCc1ccccc1. The van der Waals surface area contributed by atoms with Gasteiger partial charge in [-0.25, -0.2) is 0 Å². The van der Waals surface area contributed by atoms with Crippen molar-refractivity contribution in [2.24, 2.45) is 0 Å². The van der Waals surface area contributed by atoms with E-state index in [0.29, 0.717) is 13.2 Å². The summed E-state index contributed by atoms with van der Waals surface area (Å²) in [6, 6.07) is 10.0. The molecular weight excluding hydrogens is 188 g/mol. The van der Waals surface area contributed by atoms with Crippen molar-refractivity contribution in [2.75, 3.05) is 6.61 Å². The molecule has 1 rings (SSSR count). The zero-order valence-corrected chi connectivity index (χ0v) is 9.36. The Morgan fingerprint density at radius 2 is 2.00 bits per heavy atom. The average molecular weight is 208 g/mol. The zero-order chi connectivity index (χ0) is 10.9. The van der Waals surface area contributed by atoms with Crippen LogP contribution in [0.4, 0.5) is 0 Å². The average Bonchev–Trinajstić information content (AvgIpc) is 2.28. The Kier molecular flexibility index (Phi) is 6.05. The van der Waals surface area contributed by atoms with Gasteiger partial charge in [0, 0.05) is 0 Å². The van der Waals surface area contributed by atoms with E-state index in [1.54, 1.807) is 0 Å². The summed E-state index contributed by atoms with van der Waals surface area (Å²) in [7, 11) is 0. The summed E-state index contributed by atoms with van der Waals surface area (Å²) in [5.41, 5.74) is 1.15. The van der Waals surface area contributed by atoms with Crippen LogP contribution < -0.4 is 0 Å². The van der Waals surface area contributed by atoms with E-state index >= 15 is 0 Å². The minimum atomic E-state index is -0.311. The second-order valence-electron chi connectivity index (χ2n) is 3.80. The molecule has 0 amide bonds. The lowest BCUT2D eigenvalue weighted by atomic mass is 10.2. The van der Waals surface area contributed by atoms with Crippen molar-refractivity contribution < 1.29 is 9.84 Å². The van der Waals surface area contributed by atoms with E-state index in [2.05, 4.69) is 6.92 Å². The number of rotatable bonds is 7. The van der Waals surface area contributed by atoms with E-state index in [-0.39, 0.29) is 6.10 Å². The van der Waals surface area contributed by atoms with Crippen LogP contribution in [0.15, 0.2) is 30.3 Å². The van der Waals surface area contributed by atoms with Gasteiger partial charge in [0.1, 0.15) is 0 Å². The summed E-state index contributed by atoms with van der Waals surface area (Å²) in [5, 5.41) is 9.53. The molecule has 0 aromatic heterocycles. The Bertz CT molecular complexity index is 246. The fourth-order valence-corrected chi connectivity index (χ4v) is 1.41. The molecule has 1 atom stereocenters. The normalized spacial score (nSPS) is 12.7. The summed E-state index contributed by atoms with van der Waals surface area (Å²) >= 11 is 0. The van der Waals surface area contributed by atoms with Gasteiger partial charge in [0.15, 0.2) is 0 Å². The number of hydrogen-bond donors (Lipinski definition) is 1. The highest BCUT2D eigenvalue weighted by atomic mass is 16.5. The van der Waals surface area contributed by atoms with Gasteiger partial charge in [-0.15, -0.1) is 0 Å². The van der Waals surface area contributed by atoms with Crippen LogP contribution in [0.5, 0.6) is 0 Å². The lowest BCUT2D eigenvalue weighted by Crippen LogP contribution is -2.14. The highest BCUT2D eigenvalue weighted by molar-refractivity contribution is 5.13. The molecule has 0 heterocycles. The third-order valence-electron chi connectivity index (χ3n) is 2.31. The summed E-state index contributed by atoms with van der Waals surface area (Å²) < 4.78 is 5.43. The van der Waals surface area contributed by atoms with E-state index < -0.39 is 0 Å². The maximum atomic E-state index is 9.53. The molecular formula is C13H20O2. The minimum Gasteiger partial charge on any atom is -0.391 e. The molecule has 2 nitrogen and oxygen atoms in total. The van der Waals surface area contributed by atoms with Gasteiger partial charge in [0.25, 0.3) is 0 Å². The van der Waals surface area contributed by atoms with Crippen LogP contribution in [0.25, 0.3) is 0 Å². The molecule has 0 spiro atoms. The van der Waals surface area contributed by atoms with Crippen LogP contribution in [0.1, 0.15) is 31.7 Å². The predicted molar refractivity (Wildman–Crippen MR) is 61.6 cm³/mol. The van der Waals surface area contributed by atoms with Gasteiger partial charge in [-0.3, -0.25) is 0 Å². The lowest BCUT2D eigenvalue weighted by molar-refractivity contribution is 0.0236. The van der Waals surface area contributed by atoms with Gasteiger partial charge in [-0.2, -0.15) is 0 Å². The number of unbranched alkanes of at least 4 members (excludes halogenated alkanes) is 1. The summed E-state index contributed by atoms with van der Waals surface area (Å²) in [6.45, 7) is 3.15. The molecule has 84 valence electrons. The van der Waals surface area contributed by atoms with Crippen molar-refractivity contribution >= 4 is 0 Å². The fraction of sp³-hybridized carbons (Fsp3) is 0.538. The zero-order valence-electron chi connectivity index (χ0n) is 9.36. The van der Waals surface area contributed by atoms with Crippen LogP contribution in [0, 0.1) is 0 Å². The highest BCUT2D eigenvalue weighted by Crippen LogP contribution is 2.04. The first-order chi connectivity index (χ1) is 7.33. The second kappa shape index (κ2) is 7.43. The lowest BCUT2D eigenvalue weighted by Gasteiger charge is -2.10. The minimum absolute atomic E-state index is 0.311. The van der Waals surface area contributed by atoms with E-state index in [9.17, 15) is 5.11 Å². The first-order valence-corrected chi connectivity index (χ1v) is 5.62. The Morgan fingerprint density at radius 1 is 1.27 bits per heavy atom. The van der Waals surface area contributed by atoms with Crippen LogP contribution in [0.3, 0.4) is 0 Å². The first-order valence-electron chi connectivity index (χ1n) is 5.62. The maximum Gasteiger partial charge on any atom is 0.0773 e. The molecule has 1 aromatic rings. The topological polar surface area (TPSA) is 29.5 Å². The molecule has 15 heavy (non-hydrogen) atoms. The van der Waals surface area contributed by atoms with E-state index in [0.717, 1.165) is 24.8 Å². The van der Waals surface area contributed by atoms with E-state index in [1.165, 1.54) is 0 Å². The molecule has 0 fully saturated rings. The van der Waals surface area contributed by atoms with Crippen molar-refractivity contribution in [3.05, 3.63) is 35.9 Å². The number of ether oxygens (including phenoxy) is 1. The van der Waals surface area contributed by atoms with E-state index in [4.69, 9.17) is 4.74 Å². The van der Waals surface area contributed by atoms with Crippen molar-refractivity contribution in [3.8, 4) is 0 Å². The fourth-order valence-electron chi connectivity index (χ4n) is 1.41. The van der Waals surface area contributed by atoms with Crippen LogP contribution >= 0.6 is 0 Å². The largest absolute Gasteiger partial charge is 0.391 e. The van der Waals surface area contributed by atoms with Crippen molar-refractivity contribution in [2.45, 2.75) is 38.9 Å². The number of aliphatic hydroxyl groups is 1. The Hall–Kier alpha value is -0.860. The highest BCUT2D eigenvalue weighted by Gasteiger charge is 2.02. The molecule has 0 bridgehead atoms. The number of aliphatic hydroxyl groups excluding tert-OH is 1. The van der Waals surface area contributed by atoms with Crippen LogP contribution in [-0.2, 0) is 11.3 Å². The Morgan fingerprint density at radius 3 is 2.67 bits per heavy atom. The van der Waals surface area contributed by atoms with Crippen LogP contribution in [-0.4, -0.2) is 17.8 Å². The van der Waals surface area contributed by atoms with Crippen LogP contribution in [0.2, 0.25) is 0 Å². The molecule has 1 unspecified atom stereocenters. The van der Waals surface area contributed by atoms with Gasteiger partial charge in [0.05, 0.1) is 19.3 Å². The quantitative estimate of drug-likeness (QED) is 0.746. The molecule has 1 aromatic carbocycles. The second-order valence-corrected chi connectivity index (χ2v) is 3.80. The number of hydrogen-bond acceptors (Lipinski definition) is 2. The first kappa shape index (κ1) is 12.2. The summed E-state index contributed by atoms with van der Waals surface area (Å²) in [4.78, 5) is 0. The molecule has 0 aliphatic heterocycles. The van der Waals surface area contributed by atoms with E-state index in [1.807, 2.05) is 30.3 Å². The molecule has 1 N–H and O–H groups in total. The Labute approximate surface area is 91.9 Å². The van der Waals surface area contributed by atoms with Gasteiger partial charge >= 0.3 is 0 Å². The third-order valence-corrected chi connectivity index (χ3v) is 2.31. The monoisotopic (exact) mass is 208 g/mol. The third kappa shape index (κ3) is 5.55. The van der Waals surface area contributed by atoms with Crippen molar-refractivity contribution in [1.29, 1.82) is 0 Å². The molecule has 0 saturated carbocycles. The summed E-state index contributed by atoms with van der Waals surface area (Å²) in [6.07, 6.45) is 2.71. The van der Waals surface area contributed by atoms with Gasteiger partial charge in [-0.1, -0.05) is 50.1 Å². The standard InChI is InChI=1S/C13H20O2/c1-2-3-9-13(14)11-15-10-12-7-5-4-6-8-12/h4-8,13-14H,2-3,9-11H2,1H3. The number of benzene rings is 1. The predicted octanol–water partition coefficient (Wildman–Crippen LogP) is 2.75. The molecule has 0 radical (unpaired) electrons. The molecule has 0 saturated heterocycles. The Balaban J connectivity index is 2.11. The molecule has 2 heteroatoms. The molecule has 0 aliphatic carbocycles. The van der Waals surface area contributed by atoms with Gasteiger partial charge < -0.3 is 9.84 Å². The van der Waals surface area contributed by atoms with Crippen molar-refractivity contribution in [3.63, 3.8) is 0 Å². The smallest absolute Gasteiger partial charge is 0.0773 e. The molecule has 0 aliphatic rings. The maximum absolute atomic E-state index is 9.53. The summed E-state index contributed by atoms with van der Waals surface area (Å²) in [5.74, 6) is 0. The van der Waals surface area contributed by atoms with Gasteiger partial charge in [-0.05, 0) is 12.0 Å². The van der Waals surface area contributed by atoms with Crippen molar-refractivity contribution in [1.82, 2.24) is 0 Å².